The van der Waals surface area contributed by atoms with Crippen molar-refractivity contribution in [1.82, 2.24) is 0 Å². The van der Waals surface area contributed by atoms with E-state index in [1.807, 2.05) is 66.7 Å². The standard InChI is InChI=1S/C41H56N2O6/c42-30-22-11-9-7-5-3-1-2-4-6-8-10-21-29-37(38(44)47-31-34-23-15-12-16-24-34)41(43,39(45)48-32-35-25-17-13-18-26-35)40(46)49-33-36-27-19-14-20-28-36/h12-20,23-28,37H,1-11,21-22,29-33,42-43H2. The molecule has 0 bridgehead atoms. The molecular weight excluding hydrogens is 616 g/mol. The van der Waals surface area contributed by atoms with Gasteiger partial charge in [-0.3, -0.25) is 4.79 Å². The molecule has 0 aliphatic carbocycles. The fourth-order valence-electron chi connectivity index (χ4n) is 5.85. The third kappa shape index (κ3) is 14.6. The van der Waals surface area contributed by atoms with Gasteiger partial charge in [0.05, 0.1) is 5.92 Å². The molecule has 0 radical (unpaired) electrons. The first kappa shape index (κ1) is 39.4. The van der Waals surface area contributed by atoms with Gasteiger partial charge in [0, 0.05) is 0 Å². The first-order valence-electron chi connectivity index (χ1n) is 18.1. The minimum atomic E-state index is -2.40. The summed E-state index contributed by atoms with van der Waals surface area (Å²) in [7, 11) is 0. The fourth-order valence-corrected chi connectivity index (χ4v) is 5.85. The Morgan fingerprint density at radius 2 is 0.816 bits per heavy atom. The van der Waals surface area contributed by atoms with Crippen LogP contribution in [0.4, 0.5) is 0 Å². The van der Waals surface area contributed by atoms with Gasteiger partial charge in [0.1, 0.15) is 19.8 Å². The lowest BCUT2D eigenvalue weighted by atomic mass is 9.80. The van der Waals surface area contributed by atoms with E-state index in [1.54, 1.807) is 24.3 Å². The van der Waals surface area contributed by atoms with Crippen molar-refractivity contribution in [1.29, 1.82) is 0 Å². The van der Waals surface area contributed by atoms with Gasteiger partial charge in [-0.15, -0.1) is 0 Å². The average molecular weight is 673 g/mol. The molecule has 0 fully saturated rings. The first-order valence-corrected chi connectivity index (χ1v) is 18.1. The SMILES string of the molecule is NCCCCCCCCCCCCCCCC(C(=O)OCc1ccccc1)C(N)(C(=O)OCc1ccccc1)C(=O)OCc1ccccc1. The van der Waals surface area contributed by atoms with Crippen molar-refractivity contribution < 1.29 is 28.6 Å². The predicted octanol–water partition coefficient (Wildman–Crippen LogP) is 7.95. The van der Waals surface area contributed by atoms with Gasteiger partial charge in [0.2, 0.25) is 5.54 Å². The van der Waals surface area contributed by atoms with Gasteiger partial charge < -0.3 is 25.7 Å². The Balaban J connectivity index is 1.64. The second-order valence-electron chi connectivity index (χ2n) is 12.8. The molecule has 3 aromatic rings. The van der Waals surface area contributed by atoms with Crippen LogP contribution in [0.15, 0.2) is 91.0 Å². The van der Waals surface area contributed by atoms with E-state index in [0.717, 1.165) is 55.3 Å². The highest BCUT2D eigenvalue weighted by Gasteiger charge is 2.55. The highest BCUT2D eigenvalue weighted by molar-refractivity contribution is 6.08. The van der Waals surface area contributed by atoms with Crippen LogP contribution >= 0.6 is 0 Å². The van der Waals surface area contributed by atoms with Crippen molar-refractivity contribution in [3.63, 3.8) is 0 Å². The van der Waals surface area contributed by atoms with Gasteiger partial charge in [0.25, 0.3) is 0 Å². The van der Waals surface area contributed by atoms with Crippen LogP contribution in [0, 0.1) is 5.92 Å². The van der Waals surface area contributed by atoms with Gasteiger partial charge >= 0.3 is 17.9 Å². The predicted molar refractivity (Wildman–Crippen MR) is 193 cm³/mol. The zero-order valence-corrected chi connectivity index (χ0v) is 29.1. The number of benzene rings is 3. The summed E-state index contributed by atoms with van der Waals surface area (Å²) in [5, 5.41) is 0. The largest absolute Gasteiger partial charge is 0.461 e. The quantitative estimate of drug-likeness (QED) is 0.0401. The number of nitrogens with two attached hydrogens (primary N) is 2. The topological polar surface area (TPSA) is 131 Å². The van der Waals surface area contributed by atoms with E-state index in [2.05, 4.69) is 0 Å². The van der Waals surface area contributed by atoms with Crippen LogP contribution in [0.3, 0.4) is 0 Å². The molecule has 1 atom stereocenters. The molecule has 0 saturated carbocycles. The molecule has 3 rings (SSSR count). The molecule has 4 N–H and O–H groups in total. The van der Waals surface area contributed by atoms with E-state index in [9.17, 15) is 14.4 Å². The maximum atomic E-state index is 13.8. The summed E-state index contributed by atoms with van der Waals surface area (Å²) in [5.74, 6) is -4.07. The van der Waals surface area contributed by atoms with Crippen LogP contribution in [0.25, 0.3) is 0 Å². The van der Waals surface area contributed by atoms with Gasteiger partial charge in [-0.25, -0.2) is 9.59 Å². The minimum Gasteiger partial charge on any atom is -0.461 e. The number of hydrogen-bond acceptors (Lipinski definition) is 8. The van der Waals surface area contributed by atoms with Crippen molar-refractivity contribution in [2.45, 2.75) is 115 Å². The Labute approximate surface area is 292 Å². The van der Waals surface area contributed by atoms with Crippen molar-refractivity contribution in [2.24, 2.45) is 17.4 Å². The van der Waals surface area contributed by atoms with Gasteiger partial charge in [-0.2, -0.15) is 0 Å². The van der Waals surface area contributed by atoms with Gasteiger partial charge in [0.15, 0.2) is 0 Å². The summed E-state index contributed by atoms with van der Waals surface area (Å²) < 4.78 is 16.9. The van der Waals surface area contributed by atoms with Gasteiger partial charge in [-0.05, 0) is 36.1 Å². The summed E-state index contributed by atoms with van der Waals surface area (Å²) in [4.78, 5) is 41.4. The van der Waals surface area contributed by atoms with Crippen molar-refractivity contribution in [3.05, 3.63) is 108 Å². The normalized spacial score (nSPS) is 11.9. The van der Waals surface area contributed by atoms with Crippen LogP contribution in [0.2, 0.25) is 0 Å². The number of ether oxygens (including phenoxy) is 3. The minimum absolute atomic E-state index is 0.0158. The summed E-state index contributed by atoms with van der Waals surface area (Å²) in [6.07, 6.45) is 14.8. The molecule has 0 spiro atoms. The van der Waals surface area contributed by atoms with Crippen molar-refractivity contribution >= 4 is 17.9 Å². The molecule has 8 nitrogen and oxygen atoms in total. The molecule has 49 heavy (non-hydrogen) atoms. The van der Waals surface area contributed by atoms with E-state index < -0.39 is 29.4 Å². The Morgan fingerprint density at radius 3 is 1.18 bits per heavy atom. The molecule has 0 aliphatic heterocycles. The summed E-state index contributed by atoms with van der Waals surface area (Å²) in [6.45, 7) is 0.558. The smallest absolute Gasteiger partial charge is 0.339 e. The molecule has 0 amide bonds. The van der Waals surface area contributed by atoms with Crippen LogP contribution < -0.4 is 11.5 Å². The number of esters is 3. The Hall–Kier alpha value is -4.01. The maximum Gasteiger partial charge on any atom is 0.339 e. The summed E-state index contributed by atoms with van der Waals surface area (Å²) in [5.41, 5.74) is 12.1. The van der Waals surface area contributed by atoms with E-state index in [1.165, 1.54) is 44.9 Å². The average Bonchev–Trinajstić information content (AvgIpc) is 3.14. The molecule has 0 aromatic heterocycles. The number of rotatable bonds is 25. The van der Waals surface area contributed by atoms with Crippen LogP contribution in [-0.4, -0.2) is 30.0 Å². The lowest BCUT2D eigenvalue weighted by molar-refractivity contribution is -0.176. The Bertz CT molecular complexity index is 1280. The zero-order chi connectivity index (χ0) is 35.0. The van der Waals surface area contributed by atoms with E-state index in [4.69, 9.17) is 25.7 Å². The number of carbonyl (C=O) groups excluding carboxylic acids is 3. The van der Waals surface area contributed by atoms with Crippen LogP contribution in [-0.2, 0) is 48.4 Å². The molecule has 3 aromatic carbocycles. The summed E-state index contributed by atoms with van der Waals surface area (Å²) >= 11 is 0. The lowest BCUT2D eigenvalue weighted by Gasteiger charge is -2.32. The second kappa shape index (κ2) is 23.4. The fraction of sp³-hybridized carbons (Fsp3) is 0.488. The lowest BCUT2D eigenvalue weighted by Crippen LogP contribution is -2.63. The second-order valence-corrected chi connectivity index (χ2v) is 12.8. The Morgan fingerprint density at radius 1 is 0.490 bits per heavy atom. The number of carbonyl (C=O) groups is 3. The molecule has 0 saturated heterocycles. The van der Waals surface area contributed by atoms with Crippen molar-refractivity contribution in [3.8, 4) is 0 Å². The van der Waals surface area contributed by atoms with Gasteiger partial charge in [-0.1, -0.05) is 168 Å². The molecule has 0 heterocycles. The van der Waals surface area contributed by atoms with E-state index >= 15 is 0 Å². The van der Waals surface area contributed by atoms with Crippen LogP contribution in [0.5, 0.6) is 0 Å². The molecule has 266 valence electrons. The number of hydrogen-bond donors (Lipinski definition) is 2. The molecular formula is C41H56N2O6. The highest BCUT2D eigenvalue weighted by Crippen LogP contribution is 2.28. The molecule has 0 aliphatic rings. The summed E-state index contributed by atoms with van der Waals surface area (Å²) in [6, 6.07) is 27.4. The monoisotopic (exact) mass is 672 g/mol. The van der Waals surface area contributed by atoms with E-state index in [-0.39, 0.29) is 26.2 Å². The number of unbranched alkanes of at least 4 members (excludes halogenated alkanes) is 12. The highest BCUT2D eigenvalue weighted by atomic mass is 16.6. The first-order chi connectivity index (χ1) is 23.9. The molecule has 8 heteroatoms. The van der Waals surface area contributed by atoms with E-state index in [0.29, 0.717) is 6.42 Å². The van der Waals surface area contributed by atoms with Crippen molar-refractivity contribution in [2.75, 3.05) is 6.54 Å². The van der Waals surface area contributed by atoms with Crippen LogP contribution in [0.1, 0.15) is 107 Å². The third-order valence-corrected chi connectivity index (χ3v) is 8.86. The molecule has 1 unspecified atom stereocenters. The zero-order valence-electron chi connectivity index (χ0n) is 29.1. The third-order valence-electron chi connectivity index (χ3n) is 8.86. The maximum absolute atomic E-state index is 13.8. The Kier molecular flexibility index (Phi) is 18.8.